The molecule has 1 unspecified atom stereocenters. The fraction of sp³-hybridized carbons (Fsp3) is 0.103. The van der Waals surface area contributed by atoms with Crippen molar-refractivity contribution < 1.29 is 18.4 Å². The van der Waals surface area contributed by atoms with Crippen LogP contribution in [-0.2, 0) is 17.5 Å². The van der Waals surface area contributed by atoms with Gasteiger partial charge in [0.1, 0.15) is 11.5 Å². The van der Waals surface area contributed by atoms with E-state index >= 15 is 0 Å². The highest BCUT2D eigenvalue weighted by Gasteiger charge is 2.41. The number of nitrogens with two attached hydrogens (primary N) is 1. The fourth-order valence-electron chi connectivity index (χ4n) is 3.73. The highest BCUT2D eigenvalue weighted by Crippen LogP contribution is 2.53. The van der Waals surface area contributed by atoms with Gasteiger partial charge in [-0.1, -0.05) is 78.9 Å². The normalized spacial score (nSPS) is 11.6. The minimum Gasteiger partial charge on any atom is -0.415 e. The zero-order valence-corrected chi connectivity index (χ0v) is 22.0. The van der Waals surface area contributed by atoms with Gasteiger partial charge in [-0.2, -0.15) is 0 Å². The van der Waals surface area contributed by atoms with Gasteiger partial charge in [-0.3, -0.25) is 5.41 Å². The number of urea groups is 1. The van der Waals surface area contributed by atoms with Gasteiger partial charge in [0.05, 0.1) is 0 Å². The van der Waals surface area contributed by atoms with E-state index in [0.717, 1.165) is 11.1 Å². The first-order valence-electron chi connectivity index (χ1n) is 12.3. The van der Waals surface area contributed by atoms with Crippen LogP contribution >= 0.6 is 7.60 Å². The molecule has 6 N–H and O–H groups in total. The summed E-state index contributed by atoms with van der Waals surface area (Å²) < 4.78 is 26.6. The van der Waals surface area contributed by atoms with E-state index in [1.54, 1.807) is 72.8 Å². The van der Waals surface area contributed by atoms with Crippen molar-refractivity contribution in [2.75, 3.05) is 5.32 Å². The van der Waals surface area contributed by atoms with E-state index in [4.69, 9.17) is 20.2 Å². The standard InChI is InChI=1S/C29H30N5O4P/c30-28(31)33-24-18-16-22(17-19-24)20-27(34-29(35)32-21-23-10-4-1-5-11-23)39(36,37-25-12-6-2-7-13-25)38-26-14-8-3-9-15-26/h1-19,27H,20-21H2,(H4,30,31,33)(H2,32,34,35). The van der Waals surface area contributed by atoms with Crippen LogP contribution in [0.25, 0.3) is 0 Å². The number of carbonyl (C=O) groups is 1. The van der Waals surface area contributed by atoms with Gasteiger partial charge in [0.25, 0.3) is 0 Å². The van der Waals surface area contributed by atoms with E-state index in [9.17, 15) is 9.36 Å². The van der Waals surface area contributed by atoms with Gasteiger partial charge in [-0.15, -0.1) is 0 Å². The van der Waals surface area contributed by atoms with Gasteiger partial charge in [0.15, 0.2) is 11.7 Å². The van der Waals surface area contributed by atoms with Gasteiger partial charge in [-0.05, 0) is 47.5 Å². The molecule has 200 valence electrons. The Hall–Kier alpha value is -4.75. The molecule has 2 amide bonds. The van der Waals surface area contributed by atoms with Crippen LogP contribution in [0.15, 0.2) is 115 Å². The number of benzene rings is 4. The smallest absolute Gasteiger partial charge is 0.415 e. The Kier molecular flexibility index (Phi) is 9.21. The molecule has 39 heavy (non-hydrogen) atoms. The maximum Gasteiger partial charge on any atom is 0.453 e. The third kappa shape index (κ3) is 8.38. The van der Waals surface area contributed by atoms with E-state index in [1.807, 2.05) is 42.5 Å². The van der Waals surface area contributed by atoms with Crippen molar-refractivity contribution in [1.82, 2.24) is 10.6 Å². The van der Waals surface area contributed by atoms with Gasteiger partial charge >= 0.3 is 13.6 Å². The zero-order chi connectivity index (χ0) is 27.5. The average Bonchev–Trinajstić information content (AvgIpc) is 2.94. The second kappa shape index (κ2) is 13.2. The van der Waals surface area contributed by atoms with Crippen LogP contribution in [-0.4, -0.2) is 17.8 Å². The van der Waals surface area contributed by atoms with Crippen LogP contribution in [0.3, 0.4) is 0 Å². The Balaban J connectivity index is 1.63. The predicted octanol–water partition coefficient (Wildman–Crippen LogP) is 5.71. The SMILES string of the molecule is N=C(N)Nc1ccc(CC(NC(=O)NCc2ccccc2)P(=O)(Oc2ccccc2)Oc2ccccc2)cc1. The van der Waals surface area contributed by atoms with Crippen molar-refractivity contribution in [3.05, 3.63) is 126 Å². The maximum atomic E-state index is 14.5. The second-order valence-electron chi connectivity index (χ2n) is 8.62. The summed E-state index contributed by atoms with van der Waals surface area (Å²) in [6.07, 6.45) is 0.135. The summed E-state index contributed by atoms with van der Waals surface area (Å²) in [6.45, 7) is 0.286. The van der Waals surface area contributed by atoms with Crippen LogP contribution in [0.5, 0.6) is 11.5 Å². The third-order valence-corrected chi connectivity index (χ3v) is 7.59. The summed E-state index contributed by atoms with van der Waals surface area (Å²) >= 11 is 0. The van der Waals surface area contributed by atoms with Crippen molar-refractivity contribution in [3.63, 3.8) is 0 Å². The molecule has 0 heterocycles. The number of hydrogen-bond acceptors (Lipinski definition) is 5. The first-order valence-corrected chi connectivity index (χ1v) is 13.9. The van der Waals surface area contributed by atoms with E-state index in [1.165, 1.54) is 0 Å². The lowest BCUT2D eigenvalue weighted by Gasteiger charge is -2.28. The Morgan fingerprint density at radius 2 is 1.28 bits per heavy atom. The molecule has 0 saturated heterocycles. The first kappa shape index (κ1) is 27.3. The number of amides is 2. The molecule has 0 aliphatic carbocycles. The predicted molar refractivity (Wildman–Crippen MR) is 153 cm³/mol. The second-order valence-corrected chi connectivity index (χ2v) is 10.7. The summed E-state index contributed by atoms with van der Waals surface area (Å²) in [5, 5.41) is 15.8. The van der Waals surface area contributed by atoms with Crippen molar-refractivity contribution in [2.24, 2.45) is 5.73 Å². The maximum absolute atomic E-state index is 14.5. The first-order chi connectivity index (χ1) is 18.9. The number of guanidine groups is 1. The lowest BCUT2D eigenvalue weighted by molar-refractivity contribution is 0.237. The summed E-state index contributed by atoms with van der Waals surface area (Å²) in [4.78, 5) is 13.0. The Bertz CT molecular complexity index is 1360. The highest BCUT2D eigenvalue weighted by atomic mass is 31.2. The zero-order valence-electron chi connectivity index (χ0n) is 21.1. The van der Waals surface area contributed by atoms with Crippen molar-refractivity contribution in [1.29, 1.82) is 5.41 Å². The summed E-state index contributed by atoms with van der Waals surface area (Å²) in [5.74, 6) is -0.557. The molecule has 0 spiro atoms. The van der Waals surface area contributed by atoms with Gasteiger partial charge in [0.2, 0.25) is 0 Å². The Labute approximate surface area is 227 Å². The quantitative estimate of drug-likeness (QED) is 0.0933. The molecule has 4 rings (SSSR count). The van der Waals surface area contributed by atoms with Gasteiger partial charge < -0.3 is 30.7 Å². The molecule has 0 saturated carbocycles. The van der Waals surface area contributed by atoms with E-state index < -0.39 is 19.4 Å². The van der Waals surface area contributed by atoms with Crippen molar-refractivity contribution in [3.8, 4) is 11.5 Å². The average molecular weight is 544 g/mol. The number of para-hydroxylation sites is 2. The topological polar surface area (TPSA) is 139 Å². The number of carbonyl (C=O) groups excluding carboxylic acids is 1. The lowest BCUT2D eigenvalue weighted by atomic mass is 10.1. The third-order valence-electron chi connectivity index (χ3n) is 5.59. The Morgan fingerprint density at radius 3 is 1.79 bits per heavy atom. The number of hydrogen-bond donors (Lipinski definition) is 5. The molecule has 0 bridgehead atoms. The largest absolute Gasteiger partial charge is 0.453 e. The molecule has 0 fully saturated rings. The van der Waals surface area contributed by atoms with E-state index in [2.05, 4.69) is 16.0 Å². The molecule has 4 aromatic carbocycles. The van der Waals surface area contributed by atoms with E-state index in [0.29, 0.717) is 17.2 Å². The Morgan fingerprint density at radius 1 is 0.769 bits per heavy atom. The van der Waals surface area contributed by atoms with Gasteiger partial charge in [0, 0.05) is 18.7 Å². The van der Waals surface area contributed by atoms with Crippen molar-refractivity contribution >= 4 is 25.3 Å². The van der Waals surface area contributed by atoms with E-state index in [-0.39, 0.29) is 18.9 Å². The van der Waals surface area contributed by atoms with Crippen LogP contribution in [0, 0.1) is 5.41 Å². The number of nitrogens with one attached hydrogen (secondary N) is 4. The minimum absolute atomic E-state index is 0.135. The molecule has 1 atom stereocenters. The molecular formula is C29H30N5O4P. The lowest BCUT2D eigenvalue weighted by Crippen LogP contribution is -2.44. The number of rotatable bonds is 11. The molecule has 10 heteroatoms. The molecule has 4 aromatic rings. The highest BCUT2D eigenvalue weighted by molar-refractivity contribution is 7.55. The monoisotopic (exact) mass is 543 g/mol. The fourth-order valence-corrected chi connectivity index (χ4v) is 5.56. The summed E-state index contributed by atoms with van der Waals surface area (Å²) in [6, 6.07) is 33.4. The molecule has 0 aromatic heterocycles. The van der Waals surface area contributed by atoms with Crippen LogP contribution in [0.1, 0.15) is 11.1 Å². The van der Waals surface area contributed by atoms with Crippen molar-refractivity contribution in [2.45, 2.75) is 18.7 Å². The van der Waals surface area contributed by atoms with Crippen LogP contribution in [0.2, 0.25) is 0 Å². The van der Waals surface area contributed by atoms with Gasteiger partial charge in [-0.25, -0.2) is 9.36 Å². The molecule has 0 aliphatic heterocycles. The molecule has 9 nitrogen and oxygen atoms in total. The molecular weight excluding hydrogens is 513 g/mol. The number of anilines is 1. The molecule has 0 aliphatic rings. The summed E-state index contributed by atoms with van der Waals surface area (Å²) in [7, 11) is -4.06. The summed E-state index contributed by atoms with van der Waals surface area (Å²) in [5.41, 5.74) is 7.72. The minimum atomic E-state index is -4.06. The molecule has 0 radical (unpaired) electrons. The van der Waals surface area contributed by atoms with Crippen LogP contribution < -0.4 is 30.7 Å². The van der Waals surface area contributed by atoms with Crippen LogP contribution in [0.4, 0.5) is 10.5 Å².